The van der Waals surface area contributed by atoms with E-state index in [9.17, 15) is 0 Å². The van der Waals surface area contributed by atoms with Gasteiger partial charge in [-0.05, 0) is 37.8 Å². The molecule has 1 unspecified atom stereocenters. The third kappa shape index (κ3) is 5.67. The highest BCUT2D eigenvalue weighted by Gasteiger charge is 2.09. The Hall–Kier alpha value is -0.830. The van der Waals surface area contributed by atoms with Gasteiger partial charge in [-0.1, -0.05) is 27.2 Å². The van der Waals surface area contributed by atoms with Crippen LogP contribution < -0.4 is 5.32 Å². The summed E-state index contributed by atoms with van der Waals surface area (Å²) in [5.41, 5.74) is 0. The number of nitrogens with zero attached hydrogens (tertiary/aromatic N) is 2. The van der Waals surface area contributed by atoms with Gasteiger partial charge in [-0.3, -0.25) is 0 Å². The van der Waals surface area contributed by atoms with E-state index in [1.54, 1.807) is 0 Å². The zero-order valence-corrected chi connectivity index (χ0v) is 12.4. The van der Waals surface area contributed by atoms with Gasteiger partial charge in [0.05, 0.1) is 0 Å². The quantitative estimate of drug-likeness (QED) is 0.731. The second-order valence-electron chi connectivity index (χ2n) is 5.70. The Bertz CT molecular complexity index is 317. The standard InChI is InChI=1S/C15H29N3/c1-5-6-14(12-16-11-13(2)3)7-8-15-17-9-10-18(15)4/h9-10,13-14,16H,5-8,11-12H2,1-4H3. The largest absolute Gasteiger partial charge is 0.338 e. The van der Waals surface area contributed by atoms with Crippen molar-refractivity contribution in [1.82, 2.24) is 14.9 Å². The van der Waals surface area contributed by atoms with Crippen molar-refractivity contribution in [2.75, 3.05) is 13.1 Å². The summed E-state index contributed by atoms with van der Waals surface area (Å²) >= 11 is 0. The number of aromatic nitrogens is 2. The highest BCUT2D eigenvalue weighted by atomic mass is 15.0. The van der Waals surface area contributed by atoms with Crippen molar-refractivity contribution in [3.63, 3.8) is 0 Å². The van der Waals surface area contributed by atoms with Crippen molar-refractivity contribution < 1.29 is 0 Å². The maximum absolute atomic E-state index is 4.40. The van der Waals surface area contributed by atoms with E-state index < -0.39 is 0 Å². The van der Waals surface area contributed by atoms with Gasteiger partial charge in [0.2, 0.25) is 0 Å². The number of aryl methyl sites for hydroxylation is 2. The Kier molecular flexibility index (Phi) is 7.02. The predicted octanol–water partition coefficient (Wildman–Crippen LogP) is 3.01. The molecule has 0 radical (unpaired) electrons. The van der Waals surface area contributed by atoms with Crippen LogP contribution in [0, 0.1) is 11.8 Å². The lowest BCUT2D eigenvalue weighted by atomic mass is 9.97. The van der Waals surface area contributed by atoms with E-state index in [0.29, 0.717) is 0 Å². The van der Waals surface area contributed by atoms with Gasteiger partial charge in [0.15, 0.2) is 0 Å². The lowest BCUT2D eigenvalue weighted by Gasteiger charge is -2.17. The molecular weight excluding hydrogens is 222 g/mol. The van der Waals surface area contributed by atoms with E-state index in [0.717, 1.165) is 31.3 Å². The molecule has 0 spiro atoms. The second kappa shape index (κ2) is 8.30. The highest BCUT2D eigenvalue weighted by Crippen LogP contribution is 2.13. The summed E-state index contributed by atoms with van der Waals surface area (Å²) in [6.07, 6.45) is 8.84. The zero-order valence-electron chi connectivity index (χ0n) is 12.4. The first-order valence-corrected chi connectivity index (χ1v) is 7.30. The normalized spacial score (nSPS) is 13.2. The van der Waals surface area contributed by atoms with Crippen molar-refractivity contribution in [3.05, 3.63) is 18.2 Å². The summed E-state index contributed by atoms with van der Waals surface area (Å²) in [6, 6.07) is 0. The number of rotatable bonds is 9. The Morgan fingerprint density at radius 1 is 1.28 bits per heavy atom. The van der Waals surface area contributed by atoms with Crippen LogP contribution in [0.3, 0.4) is 0 Å². The van der Waals surface area contributed by atoms with Crippen LogP contribution in [0.1, 0.15) is 45.9 Å². The fourth-order valence-electron chi connectivity index (χ4n) is 2.30. The van der Waals surface area contributed by atoms with Crippen LogP contribution in [0.25, 0.3) is 0 Å². The Labute approximate surface area is 112 Å². The van der Waals surface area contributed by atoms with Gasteiger partial charge < -0.3 is 9.88 Å². The van der Waals surface area contributed by atoms with Gasteiger partial charge in [-0.2, -0.15) is 0 Å². The highest BCUT2D eigenvalue weighted by molar-refractivity contribution is 4.91. The molecule has 0 amide bonds. The minimum Gasteiger partial charge on any atom is -0.338 e. The Morgan fingerprint density at radius 3 is 2.61 bits per heavy atom. The SMILES string of the molecule is CCCC(CCc1nccn1C)CNCC(C)C. The van der Waals surface area contributed by atoms with Crippen LogP contribution in [0.2, 0.25) is 0 Å². The zero-order chi connectivity index (χ0) is 13.4. The number of nitrogens with one attached hydrogen (secondary N) is 1. The monoisotopic (exact) mass is 251 g/mol. The van der Waals surface area contributed by atoms with E-state index in [-0.39, 0.29) is 0 Å². The fourth-order valence-corrected chi connectivity index (χ4v) is 2.30. The average molecular weight is 251 g/mol. The molecule has 1 aromatic rings. The van der Waals surface area contributed by atoms with Crippen LogP contribution in [0.4, 0.5) is 0 Å². The van der Waals surface area contributed by atoms with Gasteiger partial charge in [0.25, 0.3) is 0 Å². The first-order valence-electron chi connectivity index (χ1n) is 7.30. The third-order valence-corrected chi connectivity index (χ3v) is 3.38. The molecule has 0 saturated carbocycles. The van der Waals surface area contributed by atoms with Gasteiger partial charge in [0.1, 0.15) is 5.82 Å². The van der Waals surface area contributed by atoms with Crippen molar-refractivity contribution >= 4 is 0 Å². The van der Waals surface area contributed by atoms with Crippen molar-refractivity contribution in [1.29, 1.82) is 0 Å². The predicted molar refractivity (Wildman–Crippen MR) is 77.6 cm³/mol. The number of hydrogen-bond donors (Lipinski definition) is 1. The second-order valence-corrected chi connectivity index (χ2v) is 5.70. The van der Waals surface area contributed by atoms with Gasteiger partial charge in [-0.25, -0.2) is 4.98 Å². The summed E-state index contributed by atoms with van der Waals surface area (Å²) in [5.74, 6) is 2.73. The van der Waals surface area contributed by atoms with E-state index in [1.807, 2.05) is 12.4 Å². The Balaban J connectivity index is 2.31. The van der Waals surface area contributed by atoms with Crippen LogP contribution in [0.5, 0.6) is 0 Å². The van der Waals surface area contributed by atoms with Gasteiger partial charge in [-0.15, -0.1) is 0 Å². The maximum Gasteiger partial charge on any atom is 0.108 e. The van der Waals surface area contributed by atoms with Gasteiger partial charge >= 0.3 is 0 Å². The summed E-state index contributed by atoms with van der Waals surface area (Å²) in [6.45, 7) is 9.07. The van der Waals surface area contributed by atoms with E-state index >= 15 is 0 Å². The van der Waals surface area contributed by atoms with E-state index in [2.05, 4.69) is 42.7 Å². The lowest BCUT2D eigenvalue weighted by Crippen LogP contribution is -2.27. The molecule has 0 bridgehead atoms. The molecule has 3 heteroatoms. The van der Waals surface area contributed by atoms with Crippen molar-refractivity contribution in [2.24, 2.45) is 18.9 Å². The van der Waals surface area contributed by atoms with Crippen molar-refractivity contribution in [3.8, 4) is 0 Å². The van der Waals surface area contributed by atoms with E-state index in [1.165, 1.54) is 25.1 Å². The molecule has 3 nitrogen and oxygen atoms in total. The molecule has 1 heterocycles. The average Bonchev–Trinajstić information content (AvgIpc) is 2.71. The molecule has 104 valence electrons. The molecule has 1 N–H and O–H groups in total. The smallest absolute Gasteiger partial charge is 0.108 e. The Morgan fingerprint density at radius 2 is 2.06 bits per heavy atom. The van der Waals surface area contributed by atoms with Crippen molar-refractivity contribution in [2.45, 2.75) is 46.5 Å². The molecule has 0 aliphatic heterocycles. The molecule has 1 atom stereocenters. The van der Waals surface area contributed by atoms with Crippen LogP contribution >= 0.6 is 0 Å². The first kappa shape index (κ1) is 15.2. The molecule has 0 aliphatic carbocycles. The molecule has 18 heavy (non-hydrogen) atoms. The summed E-state index contributed by atoms with van der Waals surface area (Å²) in [5, 5.41) is 3.59. The summed E-state index contributed by atoms with van der Waals surface area (Å²) in [7, 11) is 2.08. The minimum absolute atomic E-state index is 0.738. The third-order valence-electron chi connectivity index (χ3n) is 3.38. The maximum atomic E-state index is 4.40. The van der Waals surface area contributed by atoms with Gasteiger partial charge in [0, 0.05) is 25.9 Å². The molecule has 0 aliphatic rings. The molecular formula is C15H29N3. The number of hydrogen-bond acceptors (Lipinski definition) is 2. The summed E-state index contributed by atoms with van der Waals surface area (Å²) < 4.78 is 2.13. The first-order chi connectivity index (χ1) is 8.63. The topological polar surface area (TPSA) is 29.9 Å². The fraction of sp³-hybridized carbons (Fsp3) is 0.800. The minimum atomic E-state index is 0.738. The van der Waals surface area contributed by atoms with Crippen LogP contribution in [0.15, 0.2) is 12.4 Å². The lowest BCUT2D eigenvalue weighted by molar-refractivity contribution is 0.397. The van der Waals surface area contributed by atoms with Crippen LogP contribution in [-0.2, 0) is 13.5 Å². The number of imidazole rings is 1. The molecule has 0 saturated heterocycles. The van der Waals surface area contributed by atoms with Crippen LogP contribution in [-0.4, -0.2) is 22.6 Å². The molecule has 0 fully saturated rings. The summed E-state index contributed by atoms with van der Waals surface area (Å²) in [4.78, 5) is 4.40. The molecule has 0 aromatic carbocycles. The van der Waals surface area contributed by atoms with E-state index in [4.69, 9.17) is 0 Å². The molecule has 1 rings (SSSR count). The molecule has 1 aromatic heterocycles.